The van der Waals surface area contributed by atoms with Gasteiger partial charge in [-0.25, -0.2) is 0 Å². The summed E-state index contributed by atoms with van der Waals surface area (Å²) < 4.78 is 7.60. The van der Waals surface area contributed by atoms with Gasteiger partial charge in [0.2, 0.25) is 0 Å². The van der Waals surface area contributed by atoms with Gasteiger partial charge in [0.25, 0.3) is 0 Å². The molecule has 2 heterocycles. The minimum atomic E-state index is 0.0331. The van der Waals surface area contributed by atoms with E-state index >= 15 is 0 Å². The standard InChI is InChI=1S/C13H23ClN4O/c1-2-7-18-13(11(14)9-16-18)12(17-15)6-5-10-4-3-8-19-10/h9-10,12,17H,2-8,15H2,1H3. The molecule has 19 heavy (non-hydrogen) atoms. The van der Waals surface area contributed by atoms with Crippen LogP contribution in [0.2, 0.25) is 5.02 Å². The van der Waals surface area contributed by atoms with Crippen LogP contribution in [0.15, 0.2) is 6.20 Å². The second kappa shape index (κ2) is 7.24. The Morgan fingerprint density at radius 1 is 1.68 bits per heavy atom. The smallest absolute Gasteiger partial charge is 0.0834 e. The first-order chi connectivity index (χ1) is 9.26. The molecule has 2 unspecified atom stereocenters. The van der Waals surface area contributed by atoms with Crippen LogP contribution in [0.3, 0.4) is 0 Å². The number of hydrogen-bond acceptors (Lipinski definition) is 4. The molecule has 1 fully saturated rings. The molecule has 0 amide bonds. The topological polar surface area (TPSA) is 65.1 Å². The van der Waals surface area contributed by atoms with Gasteiger partial charge in [-0.1, -0.05) is 18.5 Å². The lowest BCUT2D eigenvalue weighted by Gasteiger charge is -2.20. The molecule has 2 atom stereocenters. The van der Waals surface area contributed by atoms with Gasteiger partial charge in [-0.2, -0.15) is 5.10 Å². The SMILES string of the molecule is CCCn1ncc(Cl)c1C(CCC1CCCO1)NN. The van der Waals surface area contributed by atoms with Gasteiger partial charge in [0.05, 0.1) is 29.1 Å². The Kier molecular flexibility index (Phi) is 5.63. The fourth-order valence-corrected chi connectivity index (χ4v) is 2.90. The van der Waals surface area contributed by atoms with Gasteiger partial charge in [0.15, 0.2) is 0 Å². The lowest BCUT2D eigenvalue weighted by atomic mass is 10.0. The molecule has 1 aromatic rings. The average Bonchev–Trinajstić information content (AvgIpc) is 3.03. The van der Waals surface area contributed by atoms with Gasteiger partial charge in [-0.05, 0) is 32.1 Å². The molecule has 0 bridgehead atoms. The van der Waals surface area contributed by atoms with Gasteiger partial charge < -0.3 is 4.74 Å². The van der Waals surface area contributed by atoms with E-state index in [2.05, 4.69) is 17.4 Å². The molecule has 1 saturated heterocycles. The molecule has 2 rings (SSSR count). The quantitative estimate of drug-likeness (QED) is 0.597. The molecule has 0 aromatic carbocycles. The summed E-state index contributed by atoms with van der Waals surface area (Å²) in [5.74, 6) is 5.69. The van der Waals surface area contributed by atoms with Crippen LogP contribution in [-0.2, 0) is 11.3 Å². The van der Waals surface area contributed by atoms with Crippen LogP contribution in [0.1, 0.15) is 50.8 Å². The average molecular weight is 287 g/mol. The van der Waals surface area contributed by atoms with E-state index in [1.165, 1.54) is 6.42 Å². The molecular weight excluding hydrogens is 264 g/mol. The van der Waals surface area contributed by atoms with Crippen molar-refractivity contribution in [3.05, 3.63) is 16.9 Å². The molecule has 5 nitrogen and oxygen atoms in total. The Labute approximate surface area is 119 Å². The van der Waals surface area contributed by atoms with Crippen molar-refractivity contribution in [2.24, 2.45) is 5.84 Å². The van der Waals surface area contributed by atoms with Gasteiger partial charge in [0, 0.05) is 13.2 Å². The van der Waals surface area contributed by atoms with Crippen molar-refractivity contribution in [1.29, 1.82) is 0 Å². The number of nitrogens with zero attached hydrogens (tertiary/aromatic N) is 2. The summed E-state index contributed by atoms with van der Waals surface area (Å²) in [6.07, 6.45) is 7.33. The van der Waals surface area contributed by atoms with Crippen LogP contribution in [0.4, 0.5) is 0 Å². The summed E-state index contributed by atoms with van der Waals surface area (Å²) in [4.78, 5) is 0. The third-order valence-electron chi connectivity index (χ3n) is 3.60. The zero-order valence-corrected chi connectivity index (χ0v) is 12.2. The van der Waals surface area contributed by atoms with Crippen molar-refractivity contribution in [3.8, 4) is 0 Å². The van der Waals surface area contributed by atoms with Crippen LogP contribution in [0.5, 0.6) is 0 Å². The van der Waals surface area contributed by atoms with Gasteiger partial charge >= 0.3 is 0 Å². The Bertz CT molecular complexity index is 390. The molecule has 1 aliphatic heterocycles. The molecule has 108 valence electrons. The number of ether oxygens (including phenoxy) is 1. The molecular formula is C13H23ClN4O. The lowest BCUT2D eigenvalue weighted by Crippen LogP contribution is -2.31. The number of halogens is 1. The zero-order valence-electron chi connectivity index (χ0n) is 11.4. The third-order valence-corrected chi connectivity index (χ3v) is 3.89. The number of hydrazine groups is 1. The van der Waals surface area contributed by atoms with E-state index in [-0.39, 0.29) is 6.04 Å². The minimum Gasteiger partial charge on any atom is -0.378 e. The van der Waals surface area contributed by atoms with Crippen molar-refractivity contribution >= 4 is 11.6 Å². The lowest BCUT2D eigenvalue weighted by molar-refractivity contribution is 0.0993. The number of nitrogens with two attached hydrogens (primary N) is 1. The van der Waals surface area contributed by atoms with E-state index in [1.807, 2.05) is 4.68 Å². The van der Waals surface area contributed by atoms with Crippen molar-refractivity contribution in [2.45, 2.75) is 57.7 Å². The number of aromatic nitrogens is 2. The maximum atomic E-state index is 6.24. The predicted molar refractivity (Wildman–Crippen MR) is 75.8 cm³/mol. The normalized spacial score (nSPS) is 20.9. The van der Waals surface area contributed by atoms with Crippen LogP contribution < -0.4 is 11.3 Å². The number of hydrogen-bond donors (Lipinski definition) is 2. The van der Waals surface area contributed by atoms with Crippen molar-refractivity contribution in [2.75, 3.05) is 6.61 Å². The van der Waals surface area contributed by atoms with E-state index in [9.17, 15) is 0 Å². The zero-order chi connectivity index (χ0) is 13.7. The van der Waals surface area contributed by atoms with E-state index in [4.69, 9.17) is 22.2 Å². The van der Waals surface area contributed by atoms with Crippen LogP contribution in [-0.4, -0.2) is 22.5 Å². The third kappa shape index (κ3) is 3.69. The largest absolute Gasteiger partial charge is 0.378 e. The van der Waals surface area contributed by atoms with Gasteiger partial charge in [-0.15, -0.1) is 0 Å². The molecule has 0 aliphatic carbocycles. The maximum absolute atomic E-state index is 6.24. The van der Waals surface area contributed by atoms with E-state index in [0.717, 1.165) is 44.5 Å². The van der Waals surface area contributed by atoms with Crippen LogP contribution >= 0.6 is 11.6 Å². The van der Waals surface area contributed by atoms with E-state index in [0.29, 0.717) is 11.1 Å². The molecule has 1 aromatic heterocycles. The molecule has 0 radical (unpaired) electrons. The highest BCUT2D eigenvalue weighted by atomic mass is 35.5. The summed E-state index contributed by atoms with van der Waals surface area (Å²) in [5, 5.41) is 5.00. The van der Waals surface area contributed by atoms with E-state index < -0.39 is 0 Å². The monoisotopic (exact) mass is 286 g/mol. The highest BCUT2D eigenvalue weighted by Gasteiger charge is 2.22. The van der Waals surface area contributed by atoms with Crippen molar-refractivity contribution < 1.29 is 4.74 Å². The van der Waals surface area contributed by atoms with Crippen LogP contribution in [0.25, 0.3) is 0 Å². The van der Waals surface area contributed by atoms with Gasteiger partial charge in [-0.3, -0.25) is 16.0 Å². The first-order valence-corrected chi connectivity index (χ1v) is 7.43. The van der Waals surface area contributed by atoms with Crippen molar-refractivity contribution in [1.82, 2.24) is 15.2 Å². The number of rotatable bonds is 7. The summed E-state index contributed by atoms with van der Waals surface area (Å²) in [5.41, 5.74) is 3.86. The molecule has 3 N–H and O–H groups in total. The predicted octanol–water partition coefficient (Wildman–Crippen LogP) is 2.41. The molecule has 6 heteroatoms. The van der Waals surface area contributed by atoms with E-state index in [1.54, 1.807) is 6.20 Å². The summed E-state index contributed by atoms with van der Waals surface area (Å²) in [7, 11) is 0. The molecule has 0 saturated carbocycles. The van der Waals surface area contributed by atoms with Gasteiger partial charge in [0.1, 0.15) is 0 Å². The molecule has 1 aliphatic rings. The van der Waals surface area contributed by atoms with Crippen LogP contribution in [0, 0.1) is 0 Å². The fraction of sp³-hybridized carbons (Fsp3) is 0.769. The second-order valence-electron chi connectivity index (χ2n) is 5.03. The highest BCUT2D eigenvalue weighted by Crippen LogP contribution is 2.28. The van der Waals surface area contributed by atoms with Crippen molar-refractivity contribution in [3.63, 3.8) is 0 Å². The Morgan fingerprint density at radius 3 is 3.16 bits per heavy atom. The first kappa shape index (κ1) is 14.8. The summed E-state index contributed by atoms with van der Waals surface area (Å²) in [6.45, 7) is 3.87. The fourth-order valence-electron chi connectivity index (χ4n) is 2.63. The first-order valence-electron chi connectivity index (χ1n) is 7.05. The Morgan fingerprint density at radius 2 is 2.53 bits per heavy atom. The summed E-state index contributed by atoms with van der Waals surface area (Å²) in [6, 6.07) is 0.0331. The highest BCUT2D eigenvalue weighted by molar-refractivity contribution is 6.31. The maximum Gasteiger partial charge on any atom is 0.0834 e. The number of nitrogens with one attached hydrogen (secondary N) is 1. The summed E-state index contributed by atoms with van der Waals surface area (Å²) >= 11 is 6.24. The number of aryl methyl sites for hydroxylation is 1. The Balaban J connectivity index is 2.01. The second-order valence-corrected chi connectivity index (χ2v) is 5.44. The Hall–Kier alpha value is -0.620. The molecule has 0 spiro atoms. The minimum absolute atomic E-state index is 0.0331.